The molecule has 0 radical (unpaired) electrons. The van der Waals surface area contributed by atoms with Crippen molar-refractivity contribution < 1.29 is 9.18 Å². The fourth-order valence-electron chi connectivity index (χ4n) is 1.76. The van der Waals surface area contributed by atoms with Crippen molar-refractivity contribution >= 4 is 17.7 Å². The van der Waals surface area contributed by atoms with Crippen LogP contribution >= 0.6 is 0 Å². The van der Waals surface area contributed by atoms with Crippen LogP contribution in [0.1, 0.15) is 21.5 Å². The minimum Gasteiger partial charge on any atom is -0.319 e. The van der Waals surface area contributed by atoms with Gasteiger partial charge >= 0.3 is 0 Å². The summed E-state index contributed by atoms with van der Waals surface area (Å²) in [4.78, 5) is 12.1. The smallest absolute Gasteiger partial charge is 0.256 e. The Morgan fingerprint density at radius 2 is 2.05 bits per heavy atom. The van der Waals surface area contributed by atoms with Gasteiger partial charge in [-0.15, -0.1) is 0 Å². The number of hydrogen-bond acceptors (Lipinski definition) is 2. The van der Waals surface area contributed by atoms with Crippen molar-refractivity contribution in [3.63, 3.8) is 0 Å². The number of benzene rings is 2. The molecule has 1 N–H and O–H groups in total. The van der Waals surface area contributed by atoms with E-state index in [1.54, 1.807) is 30.3 Å². The summed E-state index contributed by atoms with van der Waals surface area (Å²) < 4.78 is 13.6. The van der Waals surface area contributed by atoms with Gasteiger partial charge in [0.15, 0.2) is 0 Å². The van der Waals surface area contributed by atoms with E-state index in [0.29, 0.717) is 11.1 Å². The van der Waals surface area contributed by atoms with Crippen molar-refractivity contribution in [2.24, 2.45) is 0 Å². The molecule has 0 aliphatic heterocycles. The zero-order valence-corrected chi connectivity index (χ0v) is 10.6. The molecular weight excluding hydrogens is 255 g/mol. The third-order valence-electron chi connectivity index (χ3n) is 2.77. The molecule has 2 rings (SSSR count). The largest absolute Gasteiger partial charge is 0.319 e. The van der Waals surface area contributed by atoms with Crippen LogP contribution in [-0.2, 0) is 0 Å². The molecular formula is C16H11FN2O. The zero-order valence-electron chi connectivity index (χ0n) is 10.6. The monoisotopic (exact) mass is 266 g/mol. The highest BCUT2D eigenvalue weighted by atomic mass is 19.1. The predicted octanol–water partition coefficient (Wildman–Crippen LogP) is 3.59. The summed E-state index contributed by atoms with van der Waals surface area (Å²) in [5.41, 5.74) is 1.30. The van der Waals surface area contributed by atoms with Crippen LogP contribution in [0, 0.1) is 17.1 Å². The van der Waals surface area contributed by atoms with Gasteiger partial charge in [-0.3, -0.25) is 4.79 Å². The lowest BCUT2D eigenvalue weighted by molar-refractivity contribution is 0.102. The molecule has 2 aromatic rings. The minimum atomic E-state index is -0.589. The summed E-state index contributed by atoms with van der Waals surface area (Å²) >= 11 is 0. The number of nitrogens with zero attached hydrogens (tertiary/aromatic N) is 1. The van der Waals surface area contributed by atoms with Crippen molar-refractivity contribution in [2.75, 3.05) is 5.32 Å². The molecule has 0 saturated carbocycles. The zero-order chi connectivity index (χ0) is 14.5. The summed E-state index contributed by atoms with van der Waals surface area (Å²) in [6, 6.07) is 12.5. The summed E-state index contributed by atoms with van der Waals surface area (Å²) in [5, 5.41) is 11.3. The molecule has 0 aliphatic rings. The molecule has 0 unspecified atom stereocenters. The van der Waals surface area contributed by atoms with Crippen LogP contribution in [0.25, 0.3) is 6.08 Å². The van der Waals surface area contributed by atoms with Gasteiger partial charge in [0, 0.05) is 5.56 Å². The average Bonchev–Trinajstić information content (AvgIpc) is 2.49. The van der Waals surface area contributed by atoms with E-state index in [1.807, 2.05) is 6.07 Å². The van der Waals surface area contributed by atoms with Crippen LogP contribution in [0.3, 0.4) is 0 Å². The molecule has 0 fully saturated rings. The topological polar surface area (TPSA) is 52.9 Å². The third kappa shape index (κ3) is 2.73. The van der Waals surface area contributed by atoms with Crippen LogP contribution in [0.5, 0.6) is 0 Å². The van der Waals surface area contributed by atoms with Gasteiger partial charge in [-0.25, -0.2) is 4.39 Å². The van der Waals surface area contributed by atoms with Gasteiger partial charge in [-0.1, -0.05) is 30.9 Å². The highest BCUT2D eigenvalue weighted by Crippen LogP contribution is 2.18. The average molecular weight is 266 g/mol. The summed E-state index contributed by atoms with van der Waals surface area (Å²) in [7, 11) is 0. The van der Waals surface area contributed by atoms with Crippen molar-refractivity contribution in [1.29, 1.82) is 5.26 Å². The van der Waals surface area contributed by atoms with E-state index in [0.717, 1.165) is 6.07 Å². The van der Waals surface area contributed by atoms with Crippen molar-refractivity contribution in [1.82, 2.24) is 0 Å². The fraction of sp³-hybridized carbons (Fsp3) is 0. The Bertz CT molecular complexity index is 717. The number of nitriles is 1. The molecule has 0 saturated heterocycles. The van der Waals surface area contributed by atoms with Gasteiger partial charge in [0.25, 0.3) is 5.91 Å². The van der Waals surface area contributed by atoms with Gasteiger partial charge in [-0.05, 0) is 29.8 Å². The maximum absolute atomic E-state index is 13.6. The van der Waals surface area contributed by atoms with Crippen LogP contribution in [-0.4, -0.2) is 5.91 Å². The van der Waals surface area contributed by atoms with Gasteiger partial charge in [0.05, 0.1) is 17.3 Å². The van der Waals surface area contributed by atoms with Gasteiger partial charge in [0.2, 0.25) is 0 Å². The first kappa shape index (κ1) is 13.5. The fourth-order valence-corrected chi connectivity index (χ4v) is 1.76. The number of rotatable bonds is 3. The van der Waals surface area contributed by atoms with Gasteiger partial charge < -0.3 is 5.32 Å². The number of halogens is 1. The number of carbonyl (C=O) groups excluding carboxylic acids is 1. The second-order valence-electron chi connectivity index (χ2n) is 4.05. The second-order valence-corrected chi connectivity index (χ2v) is 4.05. The molecule has 1 amide bonds. The normalized spacial score (nSPS) is 9.60. The first-order valence-corrected chi connectivity index (χ1v) is 5.88. The van der Waals surface area contributed by atoms with E-state index in [2.05, 4.69) is 11.9 Å². The molecule has 0 aromatic heterocycles. The number of anilines is 1. The van der Waals surface area contributed by atoms with E-state index >= 15 is 0 Å². The minimum absolute atomic E-state index is 0.0204. The van der Waals surface area contributed by atoms with Crippen molar-refractivity contribution in [3.8, 4) is 6.07 Å². The summed E-state index contributed by atoms with van der Waals surface area (Å²) in [6.07, 6.45) is 1.55. The van der Waals surface area contributed by atoms with Crippen molar-refractivity contribution in [3.05, 3.63) is 71.6 Å². The maximum atomic E-state index is 13.6. The highest BCUT2D eigenvalue weighted by molar-refractivity contribution is 6.06. The molecule has 3 nitrogen and oxygen atoms in total. The molecule has 0 heterocycles. The maximum Gasteiger partial charge on any atom is 0.256 e. The third-order valence-corrected chi connectivity index (χ3v) is 2.77. The summed E-state index contributed by atoms with van der Waals surface area (Å²) in [6.45, 7) is 3.63. The Labute approximate surface area is 116 Å². The van der Waals surface area contributed by atoms with Gasteiger partial charge in [0.1, 0.15) is 5.82 Å². The van der Waals surface area contributed by atoms with E-state index in [4.69, 9.17) is 5.26 Å². The lowest BCUT2D eigenvalue weighted by Gasteiger charge is -2.08. The number of hydrogen-bond donors (Lipinski definition) is 1. The Hall–Kier alpha value is -2.93. The van der Waals surface area contributed by atoms with Crippen LogP contribution < -0.4 is 5.32 Å². The standard InChI is InChI=1S/C16H11FN2O/c1-2-12-5-3-4-6-13(12)16(20)19-15-9-11(10-18)7-8-14(15)17/h2-9H,1H2,(H,19,20). The Balaban J connectivity index is 2.33. The van der Waals surface area contributed by atoms with E-state index in [9.17, 15) is 9.18 Å². The quantitative estimate of drug-likeness (QED) is 0.922. The molecule has 2 aromatic carbocycles. The predicted molar refractivity (Wildman–Crippen MR) is 75.6 cm³/mol. The Morgan fingerprint density at radius 1 is 1.30 bits per heavy atom. The molecule has 0 bridgehead atoms. The van der Waals surface area contributed by atoms with E-state index in [-0.39, 0.29) is 11.3 Å². The molecule has 4 heteroatoms. The van der Waals surface area contributed by atoms with E-state index in [1.165, 1.54) is 12.1 Å². The van der Waals surface area contributed by atoms with Gasteiger partial charge in [-0.2, -0.15) is 5.26 Å². The Morgan fingerprint density at radius 3 is 2.75 bits per heavy atom. The second kappa shape index (κ2) is 5.81. The first-order valence-electron chi connectivity index (χ1n) is 5.88. The Kier molecular flexibility index (Phi) is 3.92. The highest BCUT2D eigenvalue weighted by Gasteiger charge is 2.12. The van der Waals surface area contributed by atoms with Crippen LogP contribution in [0.4, 0.5) is 10.1 Å². The van der Waals surface area contributed by atoms with Crippen LogP contribution in [0.2, 0.25) is 0 Å². The summed E-state index contributed by atoms with van der Waals surface area (Å²) in [5.74, 6) is -1.04. The molecule has 98 valence electrons. The molecule has 20 heavy (non-hydrogen) atoms. The number of nitrogens with one attached hydrogen (secondary N) is 1. The lowest BCUT2D eigenvalue weighted by atomic mass is 10.1. The van der Waals surface area contributed by atoms with E-state index < -0.39 is 11.7 Å². The number of carbonyl (C=O) groups is 1. The molecule has 0 aliphatic carbocycles. The first-order chi connectivity index (χ1) is 9.65. The molecule has 0 spiro atoms. The lowest BCUT2D eigenvalue weighted by Crippen LogP contribution is -2.14. The van der Waals surface area contributed by atoms with Crippen molar-refractivity contribution in [2.45, 2.75) is 0 Å². The SMILES string of the molecule is C=Cc1ccccc1C(=O)Nc1cc(C#N)ccc1F. The molecule has 0 atom stereocenters. The van der Waals surface area contributed by atoms with Crippen LogP contribution in [0.15, 0.2) is 49.0 Å². The number of amides is 1.